The fraction of sp³-hybridized carbons (Fsp3) is 0.625. The number of rotatable bonds is 2. The van der Waals surface area contributed by atoms with Crippen molar-refractivity contribution < 1.29 is 9.47 Å². The first-order valence-electron chi connectivity index (χ1n) is 8.34. The number of halogens is 1. The van der Waals surface area contributed by atoms with Crippen molar-refractivity contribution in [3.05, 3.63) is 17.4 Å². The van der Waals surface area contributed by atoms with Crippen LogP contribution in [0.3, 0.4) is 0 Å². The van der Waals surface area contributed by atoms with E-state index in [9.17, 15) is 0 Å². The number of ether oxygens (including phenoxy) is 2. The van der Waals surface area contributed by atoms with E-state index in [1.807, 2.05) is 16.9 Å². The Morgan fingerprint density at radius 3 is 2.78 bits per heavy atom. The molecule has 2 bridgehead atoms. The third kappa shape index (κ3) is 2.31. The summed E-state index contributed by atoms with van der Waals surface area (Å²) in [7, 11) is 0. The predicted octanol–water partition coefficient (Wildman–Crippen LogP) is 2.76. The summed E-state index contributed by atoms with van der Waals surface area (Å²) in [6.07, 6.45) is 6.98. The molecule has 0 spiro atoms. The van der Waals surface area contributed by atoms with Gasteiger partial charge in [0.05, 0.1) is 23.1 Å². The molecular weight excluding hydrogens is 316 g/mol. The Balaban J connectivity index is 1.58. The number of anilines is 1. The van der Waals surface area contributed by atoms with E-state index in [2.05, 4.69) is 9.88 Å². The average Bonchev–Trinajstić information content (AvgIpc) is 2.94. The van der Waals surface area contributed by atoms with Crippen LogP contribution < -0.4 is 4.90 Å². The van der Waals surface area contributed by atoms with Gasteiger partial charge >= 0.3 is 0 Å². The zero-order chi connectivity index (χ0) is 15.4. The van der Waals surface area contributed by atoms with Crippen molar-refractivity contribution in [2.75, 3.05) is 24.6 Å². The van der Waals surface area contributed by atoms with Crippen molar-refractivity contribution in [1.82, 2.24) is 14.8 Å². The molecule has 4 aliphatic rings. The molecule has 4 saturated heterocycles. The lowest BCUT2D eigenvalue weighted by molar-refractivity contribution is -0.133. The molecule has 4 aliphatic heterocycles. The van der Waals surface area contributed by atoms with Gasteiger partial charge in [-0.1, -0.05) is 11.6 Å². The molecule has 6 rings (SSSR count). The normalized spacial score (nSPS) is 30.5. The Morgan fingerprint density at radius 2 is 2.04 bits per heavy atom. The Labute approximate surface area is 139 Å². The molecule has 3 unspecified atom stereocenters. The number of nitrogens with zero attached hydrogens (tertiary/aromatic N) is 4. The van der Waals surface area contributed by atoms with Crippen molar-refractivity contribution in [3.63, 3.8) is 0 Å². The topological polar surface area (TPSA) is 52.4 Å². The van der Waals surface area contributed by atoms with Crippen LogP contribution in [0.15, 0.2) is 12.3 Å². The van der Waals surface area contributed by atoms with Gasteiger partial charge in [0, 0.05) is 38.4 Å². The van der Waals surface area contributed by atoms with E-state index in [0.29, 0.717) is 17.4 Å². The minimum absolute atomic E-state index is 0.00552. The van der Waals surface area contributed by atoms with Crippen LogP contribution in [0.25, 0.3) is 10.9 Å². The van der Waals surface area contributed by atoms with Gasteiger partial charge in [0.2, 0.25) is 0 Å². The number of morpholine rings is 1. The van der Waals surface area contributed by atoms with Crippen LogP contribution in [0, 0.1) is 0 Å². The largest absolute Gasteiger partial charge is 0.371 e. The lowest BCUT2D eigenvalue weighted by Crippen LogP contribution is -2.57. The van der Waals surface area contributed by atoms with Gasteiger partial charge in [-0.05, 0) is 19.3 Å². The molecule has 0 aromatic carbocycles. The van der Waals surface area contributed by atoms with Crippen molar-refractivity contribution in [3.8, 4) is 0 Å². The highest BCUT2D eigenvalue weighted by molar-refractivity contribution is 6.30. The van der Waals surface area contributed by atoms with Gasteiger partial charge in [-0.15, -0.1) is 0 Å². The smallest absolute Gasteiger partial charge is 0.160 e. The Hall–Kier alpha value is -1.37. The van der Waals surface area contributed by atoms with Crippen LogP contribution in [-0.2, 0) is 9.47 Å². The molecule has 3 atom stereocenters. The fourth-order valence-corrected chi connectivity index (χ4v) is 4.04. The van der Waals surface area contributed by atoms with Crippen LogP contribution in [-0.4, -0.2) is 46.7 Å². The summed E-state index contributed by atoms with van der Waals surface area (Å²) >= 11 is 6.13. The number of hydrogen-bond donors (Lipinski definition) is 0. The summed E-state index contributed by atoms with van der Waals surface area (Å²) < 4.78 is 13.7. The lowest BCUT2D eigenvalue weighted by Gasteiger charge is -2.47. The molecule has 0 saturated carbocycles. The molecule has 6 nitrogen and oxygen atoms in total. The third-order valence-electron chi connectivity index (χ3n) is 5.03. The number of hydrogen-bond acceptors (Lipinski definition) is 5. The van der Waals surface area contributed by atoms with Gasteiger partial charge in [0.1, 0.15) is 5.15 Å². The maximum atomic E-state index is 6.13. The number of pyridine rings is 1. The quantitative estimate of drug-likeness (QED) is 0.790. The molecule has 2 aromatic rings. The molecule has 0 N–H and O–H groups in total. The van der Waals surface area contributed by atoms with E-state index >= 15 is 0 Å². The minimum Gasteiger partial charge on any atom is -0.371 e. The predicted molar refractivity (Wildman–Crippen MR) is 86.9 cm³/mol. The molecule has 6 heterocycles. The Morgan fingerprint density at radius 1 is 1.22 bits per heavy atom. The molecular formula is C16H19ClN4O2. The number of fused-ring (bicyclic) bond motifs is 3. The molecule has 0 amide bonds. The standard InChI is InChI=1S/C16H19ClN4O2/c17-14-6-13-12(7-18-14)16(20-8-10-5-11(9-20)23-10)19-21(13)15-3-1-2-4-22-15/h6-7,10-11,15H,1-5,8-9H2. The van der Waals surface area contributed by atoms with Crippen molar-refractivity contribution in [2.24, 2.45) is 0 Å². The highest BCUT2D eigenvalue weighted by Crippen LogP contribution is 2.36. The van der Waals surface area contributed by atoms with Crippen LogP contribution in [0.5, 0.6) is 0 Å². The van der Waals surface area contributed by atoms with Gasteiger partial charge in [0.15, 0.2) is 12.0 Å². The van der Waals surface area contributed by atoms with E-state index in [0.717, 1.165) is 49.3 Å². The zero-order valence-corrected chi connectivity index (χ0v) is 13.6. The van der Waals surface area contributed by atoms with Crippen LogP contribution >= 0.6 is 11.6 Å². The molecule has 23 heavy (non-hydrogen) atoms. The second-order valence-corrected chi connectivity index (χ2v) is 7.02. The summed E-state index contributed by atoms with van der Waals surface area (Å²) in [5.41, 5.74) is 1.01. The van der Waals surface area contributed by atoms with Crippen molar-refractivity contribution >= 4 is 28.3 Å². The fourth-order valence-electron chi connectivity index (χ4n) is 3.89. The van der Waals surface area contributed by atoms with Crippen molar-refractivity contribution in [1.29, 1.82) is 0 Å². The van der Waals surface area contributed by atoms with Gasteiger partial charge in [0.25, 0.3) is 0 Å². The van der Waals surface area contributed by atoms with Gasteiger partial charge < -0.3 is 14.4 Å². The van der Waals surface area contributed by atoms with Gasteiger partial charge in [-0.3, -0.25) is 0 Å². The first-order chi connectivity index (χ1) is 11.3. The SMILES string of the molecule is Clc1cc2c(cn1)c(N1CC3CC(C1)O3)nn2C1CCCCO1. The third-order valence-corrected chi connectivity index (χ3v) is 5.23. The highest BCUT2D eigenvalue weighted by atomic mass is 35.5. The summed E-state index contributed by atoms with van der Waals surface area (Å²) in [6.45, 7) is 2.59. The van der Waals surface area contributed by atoms with Gasteiger partial charge in [-0.25, -0.2) is 9.67 Å². The first kappa shape index (κ1) is 14.0. The molecule has 0 radical (unpaired) electrons. The zero-order valence-electron chi connectivity index (χ0n) is 12.8. The summed E-state index contributed by atoms with van der Waals surface area (Å²) in [5.74, 6) is 0.983. The minimum atomic E-state index is -0.00552. The summed E-state index contributed by atoms with van der Waals surface area (Å²) in [5, 5.41) is 6.43. The average molecular weight is 335 g/mol. The van der Waals surface area contributed by atoms with E-state index in [1.165, 1.54) is 12.8 Å². The van der Waals surface area contributed by atoms with Crippen LogP contribution in [0.2, 0.25) is 5.15 Å². The summed E-state index contributed by atoms with van der Waals surface area (Å²) in [4.78, 5) is 6.58. The lowest BCUT2D eigenvalue weighted by atomic mass is 9.99. The number of aromatic nitrogens is 3. The highest BCUT2D eigenvalue weighted by Gasteiger charge is 2.40. The van der Waals surface area contributed by atoms with E-state index in [-0.39, 0.29) is 6.23 Å². The van der Waals surface area contributed by atoms with Crippen LogP contribution in [0.4, 0.5) is 5.82 Å². The van der Waals surface area contributed by atoms with Crippen molar-refractivity contribution in [2.45, 2.75) is 44.1 Å². The molecule has 4 fully saturated rings. The molecule has 2 aromatic heterocycles. The maximum absolute atomic E-state index is 6.13. The summed E-state index contributed by atoms with van der Waals surface area (Å²) in [6, 6.07) is 1.90. The van der Waals surface area contributed by atoms with E-state index < -0.39 is 0 Å². The van der Waals surface area contributed by atoms with E-state index in [4.69, 9.17) is 26.2 Å². The van der Waals surface area contributed by atoms with Gasteiger partial charge in [-0.2, -0.15) is 5.10 Å². The van der Waals surface area contributed by atoms with E-state index in [1.54, 1.807) is 0 Å². The Kier molecular flexibility index (Phi) is 3.25. The maximum Gasteiger partial charge on any atom is 0.160 e. The van der Waals surface area contributed by atoms with Crippen LogP contribution in [0.1, 0.15) is 31.9 Å². The second kappa shape index (κ2) is 5.33. The monoisotopic (exact) mass is 334 g/mol. The molecule has 122 valence electrons. The Bertz CT molecular complexity index is 727. The first-order valence-corrected chi connectivity index (χ1v) is 8.71. The molecule has 7 heteroatoms. The number of piperidine rings is 1. The molecule has 0 aliphatic carbocycles. The second-order valence-electron chi connectivity index (χ2n) is 6.63.